The standard InChI is InChI=1S/C12H19N3OS.H2O/c1-6-11(7-2)8-12-9-15(10(3)13-12)17(16)14(4)5;/h6-7,9H,1,8H2,2-5H3;1H2/b11-7+;. The first-order valence-corrected chi connectivity index (χ1v) is 6.48. The molecule has 0 aliphatic carbocycles. The molecule has 102 valence electrons. The van der Waals surface area contributed by atoms with Crippen molar-refractivity contribution in [1.29, 1.82) is 0 Å². The van der Waals surface area contributed by atoms with Gasteiger partial charge in [0.25, 0.3) is 0 Å². The number of imidazole rings is 1. The zero-order valence-electron chi connectivity index (χ0n) is 11.3. The number of rotatable bonds is 5. The van der Waals surface area contributed by atoms with Gasteiger partial charge in [0.2, 0.25) is 11.2 Å². The number of nitrogens with zero attached hydrogens (tertiary/aromatic N) is 3. The third kappa shape index (κ3) is 3.90. The van der Waals surface area contributed by atoms with E-state index >= 15 is 0 Å². The highest BCUT2D eigenvalue weighted by Crippen LogP contribution is 2.11. The molecule has 0 saturated heterocycles. The Hall–Kier alpha value is -1.24. The van der Waals surface area contributed by atoms with Crippen molar-refractivity contribution in [3.05, 3.63) is 42.0 Å². The number of hydrogen-bond acceptors (Lipinski definition) is 2. The fraction of sp³-hybridized carbons (Fsp3) is 0.417. The van der Waals surface area contributed by atoms with Crippen LogP contribution in [0.4, 0.5) is 0 Å². The first-order chi connectivity index (χ1) is 7.99. The molecule has 2 N–H and O–H groups in total. The molecule has 1 unspecified atom stereocenters. The van der Waals surface area contributed by atoms with Gasteiger partial charge in [-0.25, -0.2) is 17.5 Å². The van der Waals surface area contributed by atoms with Gasteiger partial charge in [-0.05, 0) is 19.4 Å². The van der Waals surface area contributed by atoms with Gasteiger partial charge in [-0.3, -0.25) is 0 Å². The van der Waals surface area contributed by atoms with Crippen molar-refractivity contribution >= 4 is 11.2 Å². The second-order valence-corrected chi connectivity index (χ2v) is 5.48. The van der Waals surface area contributed by atoms with Gasteiger partial charge < -0.3 is 5.48 Å². The summed E-state index contributed by atoms with van der Waals surface area (Å²) < 4.78 is 15.2. The molecule has 0 fully saturated rings. The van der Waals surface area contributed by atoms with Crippen LogP contribution >= 0.6 is 0 Å². The quantitative estimate of drug-likeness (QED) is 0.750. The van der Waals surface area contributed by atoms with E-state index in [0.29, 0.717) is 0 Å². The smallest absolute Gasteiger partial charge is 0.203 e. The molecular formula is C12H21N3O2S. The molecule has 5 nitrogen and oxygen atoms in total. The Kier molecular flexibility index (Phi) is 6.75. The van der Waals surface area contributed by atoms with Crippen molar-refractivity contribution in [3.63, 3.8) is 0 Å². The van der Waals surface area contributed by atoms with Gasteiger partial charge in [-0.1, -0.05) is 18.7 Å². The van der Waals surface area contributed by atoms with E-state index < -0.39 is 11.2 Å². The van der Waals surface area contributed by atoms with Crippen molar-refractivity contribution in [3.8, 4) is 0 Å². The zero-order valence-corrected chi connectivity index (χ0v) is 12.1. The predicted molar refractivity (Wildman–Crippen MR) is 75.5 cm³/mol. The molecule has 0 aliphatic rings. The normalized spacial score (nSPS) is 13.3. The van der Waals surface area contributed by atoms with Crippen LogP contribution in [0.5, 0.6) is 0 Å². The molecule has 18 heavy (non-hydrogen) atoms. The van der Waals surface area contributed by atoms with E-state index in [9.17, 15) is 4.21 Å². The van der Waals surface area contributed by atoms with E-state index in [1.165, 1.54) is 0 Å². The Morgan fingerprint density at radius 2 is 2.22 bits per heavy atom. The second-order valence-electron chi connectivity index (χ2n) is 3.89. The molecule has 0 aromatic carbocycles. The number of hydrogen-bond donors (Lipinski definition) is 0. The molecule has 0 radical (unpaired) electrons. The summed E-state index contributed by atoms with van der Waals surface area (Å²) in [5.74, 6) is 0.756. The van der Waals surface area contributed by atoms with Crippen molar-refractivity contribution < 1.29 is 9.69 Å². The number of allylic oxidation sites excluding steroid dienone is 3. The molecule has 1 heterocycles. The lowest BCUT2D eigenvalue weighted by Crippen LogP contribution is -2.22. The summed E-state index contributed by atoms with van der Waals surface area (Å²) in [7, 11) is 3.55. The highest BCUT2D eigenvalue weighted by molar-refractivity contribution is 7.81. The minimum Gasteiger partial charge on any atom is -0.412 e. The maximum absolute atomic E-state index is 11.9. The molecule has 0 saturated carbocycles. The third-order valence-corrected chi connectivity index (χ3v) is 3.72. The van der Waals surface area contributed by atoms with E-state index in [1.807, 2.05) is 32.2 Å². The summed E-state index contributed by atoms with van der Waals surface area (Å²) in [6.45, 7) is 7.58. The molecule has 0 spiro atoms. The van der Waals surface area contributed by atoms with Gasteiger partial charge in [0, 0.05) is 26.7 Å². The zero-order chi connectivity index (χ0) is 13.0. The lowest BCUT2D eigenvalue weighted by atomic mass is 10.1. The van der Waals surface area contributed by atoms with Gasteiger partial charge in [0.1, 0.15) is 5.82 Å². The molecule has 1 aromatic heterocycles. The van der Waals surface area contributed by atoms with E-state index in [2.05, 4.69) is 11.6 Å². The predicted octanol–water partition coefficient (Wildman–Crippen LogP) is 1.03. The molecule has 1 atom stereocenters. The van der Waals surface area contributed by atoms with Crippen LogP contribution in [0.3, 0.4) is 0 Å². The summed E-state index contributed by atoms with van der Waals surface area (Å²) in [5.41, 5.74) is 2.02. The molecule has 0 amide bonds. The van der Waals surface area contributed by atoms with Crippen molar-refractivity contribution in [2.24, 2.45) is 0 Å². The topological polar surface area (TPSA) is 69.6 Å². The summed E-state index contributed by atoms with van der Waals surface area (Å²) in [4.78, 5) is 4.40. The first kappa shape index (κ1) is 16.8. The van der Waals surface area contributed by atoms with Gasteiger partial charge >= 0.3 is 0 Å². The van der Waals surface area contributed by atoms with Gasteiger partial charge in [-0.15, -0.1) is 0 Å². The largest absolute Gasteiger partial charge is 0.412 e. The van der Waals surface area contributed by atoms with Gasteiger partial charge in [-0.2, -0.15) is 0 Å². The number of aromatic nitrogens is 2. The summed E-state index contributed by atoms with van der Waals surface area (Å²) in [6, 6.07) is 0. The van der Waals surface area contributed by atoms with Crippen LogP contribution in [-0.2, 0) is 17.6 Å². The fourth-order valence-electron chi connectivity index (χ4n) is 1.44. The van der Waals surface area contributed by atoms with Crippen LogP contribution < -0.4 is 0 Å². The van der Waals surface area contributed by atoms with E-state index in [-0.39, 0.29) is 5.48 Å². The molecule has 6 heteroatoms. The van der Waals surface area contributed by atoms with E-state index in [1.54, 1.807) is 22.4 Å². The average Bonchev–Trinajstić information content (AvgIpc) is 2.65. The Morgan fingerprint density at radius 1 is 1.61 bits per heavy atom. The van der Waals surface area contributed by atoms with Crippen LogP contribution in [-0.4, -0.2) is 37.0 Å². The minimum absolute atomic E-state index is 0. The Morgan fingerprint density at radius 3 is 2.67 bits per heavy atom. The fourth-order valence-corrected chi connectivity index (χ4v) is 2.27. The van der Waals surface area contributed by atoms with E-state index in [4.69, 9.17) is 0 Å². The molecule has 1 rings (SSSR count). The maximum atomic E-state index is 11.9. The summed E-state index contributed by atoms with van der Waals surface area (Å²) in [5, 5.41) is 0. The van der Waals surface area contributed by atoms with Crippen LogP contribution in [0.2, 0.25) is 0 Å². The van der Waals surface area contributed by atoms with Crippen LogP contribution in [0.15, 0.2) is 30.5 Å². The monoisotopic (exact) mass is 271 g/mol. The molecule has 0 aliphatic heterocycles. The average molecular weight is 271 g/mol. The SMILES string of the molecule is C=C/C(=C\C)Cc1cn(S(=O)N(C)C)c(C)n1.O. The molecule has 1 aromatic rings. The summed E-state index contributed by atoms with van der Waals surface area (Å²) >= 11 is -1.20. The van der Waals surface area contributed by atoms with Gasteiger partial charge in [0.05, 0.1) is 5.69 Å². The van der Waals surface area contributed by atoms with E-state index in [0.717, 1.165) is 23.5 Å². The minimum atomic E-state index is -1.20. The van der Waals surface area contributed by atoms with Crippen LogP contribution in [0.1, 0.15) is 18.4 Å². The molecular weight excluding hydrogens is 250 g/mol. The van der Waals surface area contributed by atoms with Crippen molar-refractivity contribution in [2.45, 2.75) is 20.3 Å². The highest BCUT2D eigenvalue weighted by Gasteiger charge is 2.11. The van der Waals surface area contributed by atoms with Crippen molar-refractivity contribution in [1.82, 2.24) is 13.3 Å². The van der Waals surface area contributed by atoms with Crippen molar-refractivity contribution in [2.75, 3.05) is 14.1 Å². The lowest BCUT2D eigenvalue weighted by molar-refractivity contribution is 0.592. The van der Waals surface area contributed by atoms with Crippen LogP contribution in [0.25, 0.3) is 0 Å². The lowest BCUT2D eigenvalue weighted by Gasteiger charge is -2.09. The first-order valence-electron chi connectivity index (χ1n) is 5.41. The third-order valence-electron chi connectivity index (χ3n) is 2.39. The Balaban J connectivity index is 0.00000289. The Labute approximate surface area is 111 Å². The maximum Gasteiger partial charge on any atom is 0.203 e. The highest BCUT2D eigenvalue weighted by atomic mass is 32.2. The van der Waals surface area contributed by atoms with Crippen LogP contribution in [0, 0.1) is 6.92 Å². The Bertz CT molecular complexity index is 464. The second kappa shape index (κ2) is 7.25. The molecule has 0 bridgehead atoms. The van der Waals surface area contributed by atoms with Gasteiger partial charge in [0.15, 0.2) is 0 Å². The number of aryl methyl sites for hydroxylation is 1. The summed E-state index contributed by atoms with van der Waals surface area (Å²) in [6.07, 6.45) is 6.37.